The summed E-state index contributed by atoms with van der Waals surface area (Å²) in [4.78, 5) is 75.6. The number of nitrogens with two attached hydrogens (primary N) is 1. The highest BCUT2D eigenvalue weighted by Gasteiger charge is 2.29. The van der Waals surface area contributed by atoms with Crippen molar-refractivity contribution in [2.24, 2.45) is 5.73 Å². The van der Waals surface area contributed by atoms with Crippen LogP contribution < -0.4 is 37.6 Å². The van der Waals surface area contributed by atoms with E-state index in [2.05, 4.69) is 31.9 Å². The second kappa shape index (κ2) is 17.9. The number of aliphatic carboxylic acids is 1. The van der Waals surface area contributed by atoms with Crippen molar-refractivity contribution >= 4 is 41.5 Å². The van der Waals surface area contributed by atoms with Crippen molar-refractivity contribution in [1.29, 1.82) is 5.41 Å². The Labute approximate surface area is 243 Å². The van der Waals surface area contributed by atoms with E-state index in [0.717, 1.165) is 5.56 Å². The van der Waals surface area contributed by atoms with Crippen molar-refractivity contribution in [2.45, 2.75) is 69.5 Å². The number of hydrogen-bond acceptors (Lipinski definition) is 7. The van der Waals surface area contributed by atoms with E-state index in [1.165, 1.54) is 0 Å². The van der Waals surface area contributed by atoms with Crippen molar-refractivity contribution < 1.29 is 33.9 Å². The minimum Gasteiger partial charge on any atom is -0.481 e. The molecule has 3 atom stereocenters. The van der Waals surface area contributed by atoms with Gasteiger partial charge in [0.1, 0.15) is 18.1 Å². The second-order valence-electron chi connectivity index (χ2n) is 9.89. The van der Waals surface area contributed by atoms with Gasteiger partial charge >= 0.3 is 5.97 Å². The first kappa shape index (κ1) is 33.5. The van der Waals surface area contributed by atoms with Gasteiger partial charge in [-0.15, -0.1) is 0 Å². The number of amides is 5. The monoisotopic (exact) mass is 588 g/mol. The molecule has 1 aliphatic rings. The number of carboxylic acid groups (broad SMARTS) is 1. The SMILES string of the molecule is N=C(N)NCCC[C@@H]1NC(=O)CCCCCNC(=O)[C@@H](Cc2ccccc2)NC(=O)[C@H](CC(=O)O)NC(=O)CNC1=O. The topological polar surface area (TPSA) is 245 Å². The van der Waals surface area contributed by atoms with E-state index in [9.17, 15) is 33.9 Å². The van der Waals surface area contributed by atoms with Crippen molar-refractivity contribution in [3.63, 3.8) is 0 Å². The molecule has 15 heteroatoms. The maximum atomic E-state index is 13.1. The smallest absolute Gasteiger partial charge is 0.305 e. The Bertz CT molecular complexity index is 1110. The third-order valence-corrected chi connectivity index (χ3v) is 6.39. The van der Waals surface area contributed by atoms with Gasteiger partial charge in [0.05, 0.1) is 13.0 Å². The molecule has 230 valence electrons. The molecule has 0 aromatic heterocycles. The van der Waals surface area contributed by atoms with Gasteiger partial charge in [-0.05, 0) is 31.2 Å². The van der Waals surface area contributed by atoms with Crippen LogP contribution in [0.2, 0.25) is 0 Å². The summed E-state index contributed by atoms with van der Waals surface area (Å²) in [6.45, 7) is -0.0161. The minimum absolute atomic E-state index is 0.131. The molecule has 0 aliphatic carbocycles. The Morgan fingerprint density at radius 2 is 1.57 bits per heavy atom. The molecular formula is C27H40N8O7. The van der Waals surface area contributed by atoms with Crippen LogP contribution in [0.4, 0.5) is 0 Å². The van der Waals surface area contributed by atoms with Crippen molar-refractivity contribution in [2.75, 3.05) is 19.6 Å². The van der Waals surface area contributed by atoms with Crippen LogP contribution in [0.1, 0.15) is 50.5 Å². The number of guanidine groups is 1. The van der Waals surface area contributed by atoms with Gasteiger partial charge in [-0.25, -0.2) is 0 Å². The molecule has 1 aromatic carbocycles. The van der Waals surface area contributed by atoms with Crippen LogP contribution in [0.3, 0.4) is 0 Å². The minimum atomic E-state index is -1.52. The third-order valence-electron chi connectivity index (χ3n) is 6.39. The maximum Gasteiger partial charge on any atom is 0.305 e. The number of carbonyl (C=O) groups is 6. The van der Waals surface area contributed by atoms with Crippen LogP contribution >= 0.6 is 0 Å². The van der Waals surface area contributed by atoms with Crippen LogP contribution in [-0.4, -0.2) is 84.3 Å². The predicted molar refractivity (Wildman–Crippen MR) is 152 cm³/mol. The summed E-state index contributed by atoms with van der Waals surface area (Å²) >= 11 is 0. The lowest BCUT2D eigenvalue weighted by atomic mass is 10.0. The van der Waals surface area contributed by atoms with Crippen molar-refractivity contribution in [3.05, 3.63) is 35.9 Å². The average Bonchev–Trinajstić information content (AvgIpc) is 2.94. The predicted octanol–water partition coefficient (Wildman–Crippen LogP) is -1.77. The number of nitrogens with one attached hydrogen (secondary N) is 7. The Hall–Kier alpha value is -4.69. The highest BCUT2D eigenvalue weighted by atomic mass is 16.4. The second-order valence-corrected chi connectivity index (χ2v) is 9.89. The van der Waals surface area contributed by atoms with Gasteiger partial charge in [-0.2, -0.15) is 0 Å². The summed E-state index contributed by atoms with van der Waals surface area (Å²) in [6.07, 6.45) is 1.77. The van der Waals surface area contributed by atoms with Gasteiger partial charge in [-0.1, -0.05) is 36.8 Å². The van der Waals surface area contributed by atoms with Crippen LogP contribution in [-0.2, 0) is 35.2 Å². The van der Waals surface area contributed by atoms with Crippen LogP contribution in [0.15, 0.2) is 30.3 Å². The Kier molecular flexibility index (Phi) is 14.3. The van der Waals surface area contributed by atoms with Gasteiger partial charge < -0.3 is 42.7 Å². The normalized spacial score (nSPS) is 21.6. The van der Waals surface area contributed by atoms with Crippen LogP contribution in [0, 0.1) is 5.41 Å². The van der Waals surface area contributed by atoms with Gasteiger partial charge in [0, 0.05) is 25.9 Å². The van der Waals surface area contributed by atoms with E-state index in [0.29, 0.717) is 32.2 Å². The molecule has 1 fully saturated rings. The molecule has 1 aromatic rings. The first-order valence-corrected chi connectivity index (χ1v) is 13.8. The van der Waals surface area contributed by atoms with E-state index in [4.69, 9.17) is 11.1 Å². The van der Waals surface area contributed by atoms with Crippen molar-refractivity contribution in [3.8, 4) is 0 Å². The molecule has 15 nitrogen and oxygen atoms in total. The zero-order valence-corrected chi connectivity index (χ0v) is 23.4. The maximum absolute atomic E-state index is 13.1. The highest BCUT2D eigenvalue weighted by molar-refractivity contribution is 5.95. The van der Waals surface area contributed by atoms with Gasteiger partial charge in [0.2, 0.25) is 29.5 Å². The van der Waals surface area contributed by atoms with Crippen molar-refractivity contribution in [1.82, 2.24) is 31.9 Å². The molecule has 1 heterocycles. The Morgan fingerprint density at radius 3 is 2.26 bits per heavy atom. The summed E-state index contributed by atoms with van der Waals surface area (Å²) in [5.74, 6) is -4.77. The molecule has 0 saturated carbocycles. The molecule has 0 unspecified atom stereocenters. The summed E-state index contributed by atoms with van der Waals surface area (Å²) in [5, 5.41) is 31.9. The quantitative estimate of drug-likeness (QED) is 0.0946. The molecule has 1 aliphatic heterocycles. The van der Waals surface area contributed by atoms with E-state index in [-0.39, 0.29) is 37.7 Å². The molecular weight excluding hydrogens is 548 g/mol. The Morgan fingerprint density at radius 1 is 0.881 bits per heavy atom. The fourth-order valence-electron chi connectivity index (χ4n) is 4.24. The molecule has 2 rings (SSSR count). The lowest BCUT2D eigenvalue weighted by Crippen LogP contribution is -2.56. The lowest BCUT2D eigenvalue weighted by Gasteiger charge is -2.23. The number of carbonyl (C=O) groups excluding carboxylic acids is 5. The average molecular weight is 589 g/mol. The first-order valence-electron chi connectivity index (χ1n) is 13.8. The standard InChI is InChI=1S/C27H40N8O7/c28-27(29)31-13-7-10-18-24(40)32-16-22(37)34-20(15-23(38)39)26(42)35-19(14-17-8-3-1-4-9-17)25(41)30-12-6-2-5-11-21(36)33-18/h1,3-4,8-9,18-20H,2,5-7,10-16H2,(H,30,41)(H,32,40)(H,33,36)(H,34,37)(H,35,42)(H,38,39)(H4,28,29,31)/t18-,19+,20-/m0/s1. The number of carboxylic acids is 1. The zero-order valence-electron chi connectivity index (χ0n) is 23.4. The zero-order chi connectivity index (χ0) is 30.9. The summed E-state index contributed by atoms with van der Waals surface area (Å²) < 4.78 is 0. The third kappa shape index (κ3) is 13.1. The molecule has 42 heavy (non-hydrogen) atoms. The lowest BCUT2D eigenvalue weighted by molar-refractivity contribution is -0.141. The summed E-state index contributed by atoms with van der Waals surface area (Å²) in [7, 11) is 0. The fourth-order valence-corrected chi connectivity index (χ4v) is 4.24. The molecule has 10 N–H and O–H groups in total. The van der Waals surface area contributed by atoms with E-state index >= 15 is 0 Å². The molecule has 0 radical (unpaired) electrons. The summed E-state index contributed by atoms with van der Waals surface area (Å²) in [6, 6.07) is 5.40. The first-order chi connectivity index (χ1) is 20.0. The number of rotatable bonds is 8. The summed E-state index contributed by atoms with van der Waals surface area (Å²) in [5.41, 5.74) is 6.03. The Balaban J connectivity index is 2.19. The molecule has 5 amide bonds. The molecule has 0 spiro atoms. The molecule has 0 bridgehead atoms. The molecule has 1 saturated heterocycles. The van der Waals surface area contributed by atoms with Gasteiger partial charge in [0.15, 0.2) is 5.96 Å². The highest BCUT2D eigenvalue weighted by Crippen LogP contribution is 2.07. The van der Waals surface area contributed by atoms with E-state index in [1.807, 2.05) is 0 Å². The van der Waals surface area contributed by atoms with Gasteiger partial charge in [-0.3, -0.25) is 34.2 Å². The van der Waals surface area contributed by atoms with E-state index < -0.39 is 60.7 Å². The van der Waals surface area contributed by atoms with Crippen LogP contribution in [0.5, 0.6) is 0 Å². The van der Waals surface area contributed by atoms with E-state index in [1.54, 1.807) is 30.3 Å². The number of benzene rings is 1. The fraction of sp³-hybridized carbons (Fsp3) is 0.519. The van der Waals surface area contributed by atoms with Gasteiger partial charge in [0.25, 0.3) is 0 Å². The number of hydrogen-bond donors (Lipinski definition) is 9. The van der Waals surface area contributed by atoms with Crippen LogP contribution in [0.25, 0.3) is 0 Å². The largest absolute Gasteiger partial charge is 0.481 e.